The van der Waals surface area contributed by atoms with Gasteiger partial charge in [-0.1, -0.05) is 18.2 Å². The van der Waals surface area contributed by atoms with Gasteiger partial charge >= 0.3 is 5.97 Å². The summed E-state index contributed by atoms with van der Waals surface area (Å²) in [6.07, 6.45) is 1.35. The van der Waals surface area contributed by atoms with E-state index in [-0.39, 0.29) is 35.7 Å². The van der Waals surface area contributed by atoms with E-state index in [0.29, 0.717) is 37.4 Å². The molecule has 35 heavy (non-hydrogen) atoms. The average molecular weight is 477 g/mol. The number of amides is 1. The van der Waals surface area contributed by atoms with Crippen LogP contribution in [-0.4, -0.2) is 51.2 Å². The van der Waals surface area contributed by atoms with Crippen LogP contribution in [0.15, 0.2) is 48.5 Å². The van der Waals surface area contributed by atoms with Gasteiger partial charge in [-0.2, -0.15) is 5.10 Å². The van der Waals surface area contributed by atoms with Crippen molar-refractivity contribution in [2.45, 2.75) is 33.6 Å². The highest BCUT2D eigenvalue weighted by Crippen LogP contribution is 2.27. The van der Waals surface area contributed by atoms with Crippen LogP contribution < -0.4 is 0 Å². The van der Waals surface area contributed by atoms with Crippen molar-refractivity contribution in [1.82, 2.24) is 14.7 Å². The highest BCUT2D eigenvalue weighted by Gasteiger charge is 2.32. The summed E-state index contributed by atoms with van der Waals surface area (Å²) in [5.74, 6) is -0.956. The lowest BCUT2D eigenvalue weighted by molar-refractivity contribution is -0.384. The molecule has 0 aliphatic carbocycles. The molecule has 1 atom stereocenters. The molecule has 0 bridgehead atoms. The van der Waals surface area contributed by atoms with Crippen molar-refractivity contribution in [3.8, 4) is 16.9 Å². The van der Waals surface area contributed by atoms with Gasteiger partial charge in [-0.15, -0.1) is 0 Å². The molecular formula is C26H28N4O5. The summed E-state index contributed by atoms with van der Waals surface area (Å²) >= 11 is 0. The minimum atomic E-state index is -0.479. The molecule has 1 aliphatic heterocycles. The van der Waals surface area contributed by atoms with Crippen molar-refractivity contribution in [3.05, 3.63) is 75.5 Å². The smallest absolute Gasteiger partial charge is 0.310 e. The fourth-order valence-corrected chi connectivity index (χ4v) is 4.29. The molecule has 2 aromatic carbocycles. The summed E-state index contributed by atoms with van der Waals surface area (Å²) in [6.45, 7) is 6.85. The van der Waals surface area contributed by atoms with Crippen molar-refractivity contribution >= 4 is 17.6 Å². The van der Waals surface area contributed by atoms with E-state index in [1.54, 1.807) is 30.0 Å². The van der Waals surface area contributed by atoms with Gasteiger partial charge in [0.05, 0.1) is 28.8 Å². The highest BCUT2D eigenvalue weighted by molar-refractivity contribution is 5.95. The summed E-state index contributed by atoms with van der Waals surface area (Å²) in [5.41, 5.74) is 4.26. The number of benzene rings is 2. The molecule has 1 unspecified atom stereocenters. The van der Waals surface area contributed by atoms with Crippen LogP contribution >= 0.6 is 0 Å². The predicted molar refractivity (Wildman–Crippen MR) is 130 cm³/mol. The van der Waals surface area contributed by atoms with E-state index in [0.717, 1.165) is 16.7 Å². The lowest BCUT2D eigenvalue weighted by atomic mass is 9.98. The minimum Gasteiger partial charge on any atom is -0.466 e. The monoisotopic (exact) mass is 476 g/mol. The van der Waals surface area contributed by atoms with Gasteiger partial charge < -0.3 is 9.64 Å². The number of nitrogens with zero attached hydrogens (tertiary/aromatic N) is 4. The van der Waals surface area contributed by atoms with Crippen molar-refractivity contribution in [1.29, 1.82) is 0 Å². The molecule has 0 N–H and O–H groups in total. The maximum Gasteiger partial charge on any atom is 0.310 e. The number of piperidine rings is 1. The number of carbonyl (C=O) groups excluding carboxylic acids is 2. The van der Waals surface area contributed by atoms with Crippen molar-refractivity contribution in [3.63, 3.8) is 0 Å². The van der Waals surface area contributed by atoms with Crippen LogP contribution in [-0.2, 0) is 9.53 Å². The largest absolute Gasteiger partial charge is 0.466 e. The van der Waals surface area contributed by atoms with Crippen LogP contribution in [0.25, 0.3) is 16.9 Å². The Morgan fingerprint density at radius 1 is 1.14 bits per heavy atom. The summed E-state index contributed by atoms with van der Waals surface area (Å²) in [4.78, 5) is 38.5. The summed E-state index contributed by atoms with van der Waals surface area (Å²) in [6, 6.07) is 13.7. The number of aromatic nitrogens is 2. The Bertz CT molecular complexity index is 1280. The van der Waals surface area contributed by atoms with Crippen molar-refractivity contribution < 1.29 is 19.2 Å². The second kappa shape index (κ2) is 10.1. The lowest BCUT2D eigenvalue weighted by Gasteiger charge is -2.31. The fourth-order valence-electron chi connectivity index (χ4n) is 4.29. The van der Waals surface area contributed by atoms with E-state index in [9.17, 15) is 19.7 Å². The number of hydrogen-bond donors (Lipinski definition) is 0. The number of aryl methyl sites for hydroxylation is 2. The minimum absolute atomic E-state index is 0.0931. The van der Waals surface area contributed by atoms with Crippen LogP contribution in [0.3, 0.4) is 0 Å². The van der Waals surface area contributed by atoms with E-state index in [2.05, 4.69) is 5.10 Å². The topological polar surface area (TPSA) is 108 Å². The van der Waals surface area contributed by atoms with Crippen molar-refractivity contribution in [2.24, 2.45) is 5.92 Å². The van der Waals surface area contributed by atoms with Gasteiger partial charge in [-0.05, 0) is 62.9 Å². The fraction of sp³-hybridized carbons (Fsp3) is 0.346. The van der Waals surface area contributed by atoms with E-state index >= 15 is 0 Å². The van der Waals surface area contributed by atoms with Crippen LogP contribution in [0, 0.1) is 29.9 Å². The van der Waals surface area contributed by atoms with Gasteiger partial charge in [0.2, 0.25) is 0 Å². The number of hydrogen-bond acceptors (Lipinski definition) is 6. The zero-order chi connectivity index (χ0) is 25.1. The number of likely N-dealkylation sites (tertiary alicyclic amines) is 1. The number of non-ortho nitro benzene ring substituents is 1. The van der Waals surface area contributed by atoms with E-state index < -0.39 is 4.92 Å². The summed E-state index contributed by atoms with van der Waals surface area (Å²) < 4.78 is 6.62. The Balaban J connectivity index is 1.75. The zero-order valence-electron chi connectivity index (χ0n) is 20.1. The number of carbonyl (C=O) groups is 2. The van der Waals surface area contributed by atoms with Gasteiger partial charge in [-0.3, -0.25) is 19.7 Å². The molecule has 1 amide bonds. The molecule has 3 aromatic rings. The Labute approximate surface area is 203 Å². The number of nitro groups is 1. The Morgan fingerprint density at radius 2 is 1.94 bits per heavy atom. The van der Waals surface area contributed by atoms with E-state index in [1.807, 2.05) is 32.0 Å². The molecule has 9 nitrogen and oxygen atoms in total. The SMILES string of the molecule is CCOC(=O)C1CCCN(C(=O)c2cc(-c3ccc(C)c(C)c3)nn2-c2cccc([N+](=O)[O-])c2)C1. The lowest BCUT2D eigenvalue weighted by Crippen LogP contribution is -2.43. The first-order chi connectivity index (χ1) is 16.8. The van der Waals surface area contributed by atoms with Gasteiger partial charge in [0.25, 0.3) is 11.6 Å². The Morgan fingerprint density at radius 3 is 2.66 bits per heavy atom. The number of ether oxygens (including phenoxy) is 1. The Hall–Kier alpha value is -4.01. The van der Waals surface area contributed by atoms with E-state index in [4.69, 9.17) is 4.74 Å². The number of rotatable bonds is 6. The molecule has 1 saturated heterocycles. The van der Waals surface area contributed by atoms with Crippen LogP contribution in [0.4, 0.5) is 5.69 Å². The molecule has 0 saturated carbocycles. The van der Waals surface area contributed by atoms with Gasteiger partial charge in [0.15, 0.2) is 0 Å². The normalized spacial score (nSPS) is 15.6. The molecule has 0 spiro atoms. The zero-order valence-corrected chi connectivity index (χ0v) is 20.1. The maximum absolute atomic E-state index is 13.7. The predicted octanol–water partition coefficient (Wildman–Crippen LogP) is 4.48. The first-order valence-corrected chi connectivity index (χ1v) is 11.7. The molecule has 1 fully saturated rings. The average Bonchev–Trinajstić information content (AvgIpc) is 3.31. The molecule has 1 aromatic heterocycles. The second-order valence-corrected chi connectivity index (χ2v) is 8.74. The quantitative estimate of drug-likeness (QED) is 0.295. The second-order valence-electron chi connectivity index (χ2n) is 8.74. The standard InChI is InChI=1S/C26H28N4O5/c1-4-35-26(32)20-7-6-12-28(16-20)25(31)24-15-23(19-11-10-17(2)18(3)13-19)27-29(24)21-8-5-9-22(14-21)30(33)34/h5,8-11,13-15,20H,4,6-7,12,16H2,1-3H3. The highest BCUT2D eigenvalue weighted by atomic mass is 16.6. The maximum atomic E-state index is 13.7. The summed E-state index contributed by atoms with van der Waals surface area (Å²) in [7, 11) is 0. The third-order valence-corrected chi connectivity index (χ3v) is 6.34. The molecule has 182 valence electrons. The van der Waals surface area contributed by atoms with Crippen molar-refractivity contribution in [2.75, 3.05) is 19.7 Å². The summed E-state index contributed by atoms with van der Waals surface area (Å²) in [5, 5.41) is 16.0. The van der Waals surface area contributed by atoms with Crippen LogP contribution in [0.1, 0.15) is 41.4 Å². The Kier molecular flexibility index (Phi) is 6.95. The van der Waals surface area contributed by atoms with E-state index in [1.165, 1.54) is 16.8 Å². The molecule has 9 heteroatoms. The van der Waals surface area contributed by atoms with Gasteiger partial charge in [0, 0.05) is 30.8 Å². The third kappa shape index (κ3) is 5.08. The third-order valence-electron chi connectivity index (χ3n) is 6.34. The molecule has 1 aliphatic rings. The number of esters is 1. The first kappa shape index (κ1) is 24.1. The van der Waals surface area contributed by atoms with Crippen LogP contribution in [0.2, 0.25) is 0 Å². The van der Waals surface area contributed by atoms with Crippen LogP contribution in [0.5, 0.6) is 0 Å². The molecule has 0 radical (unpaired) electrons. The number of nitro benzene ring substituents is 1. The molecule has 2 heterocycles. The van der Waals surface area contributed by atoms with Gasteiger partial charge in [-0.25, -0.2) is 4.68 Å². The molecule has 4 rings (SSSR count). The first-order valence-electron chi connectivity index (χ1n) is 11.7. The molecular weight excluding hydrogens is 448 g/mol. The van der Waals surface area contributed by atoms with Gasteiger partial charge in [0.1, 0.15) is 5.69 Å².